The largest absolute Gasteiger partial charge is 0.298 e. The molecule has 1 aromatic rings. The maximum atomic E-state index is 12.0. The van der Waals surface area contributed by atoms with Gasteiger partial charge in [-0.15, -0.1) is 11.8 Å². The zero-order valence-electron chi connectivity index (χ0n) is 8.82. The Morgan fingerprint density at radius 3 is 2.69 bits per heavy atom. The first-order valence-electron chi connectivity index (χ1n) is 5.22. The van der Waals surface area contributed by atoms with Crippen LogP contribution in [0.3, 0.4) is 0 Å². The van der Waals surface area contributed by atoms with E-state index in [0.29, 0.717) is 12.2 Å². The van der Waals surface area contributed by atoms with E-state index in [1.54, 1.807) is 0 Å². The summed E-state index contributed by atoms with van der Waals surface area (Å²) in [5, 5.41) is 0.211. The number of Topliss-reactive ketones (excluding diaryl/α,β-unsaturated/α-hetero) is 1. The van der Waals surface area contributed by atoms with Gasteiger partial charge in [-0.3, -0.25) is 4.79 Å². The van der Waals surface area contributed by atoms with Gasteiger partial charge in [-0.05, 0) is 17.7 Å². The first-order valence-corrected chi connectivity index (χ1v) is 8.22. The van der Waals surface area contributed by atoms with Crippen LogP contribution in [0.4, 0.5) is 0 Å². The fourth-order valence-corrected chi connectivity index (χ4v) is 4.51. The average Bonchev–Trinajstić information content (AvgIpc) is 2.33. The van der Waals surface area contributed by atoms with Gasteiger partial charge in [-0.2, -0.15) is 11.8 Å². The fourth-order valence-electron chi connectivity index (χ4n) is 1.59. The van der Waals surface area contributed by atoms with Gasteiger partial charge in [-0.1, -0.05) is 28.1 Å². The topological polar surface area (TPSA) is 17.1 Å². The third kappa shape index (κ3) is 3.54. The molecule has 4 heteroatoms. The van der Waals surface area contributed by atoms with Gasteiger partial charge in [-0.25, -0.2) is 0 Å². The smallest absolute Gasteiger partial charge is 0.151 e. The van der Waals surface area contributed by atoms with Crippen LogP contribution in [-0.4, -0.2) is 28.3 Å². The first-order chi connectivity index (χ1) is 7.75. The van der Waals surface area contributed by atoms with E-state index in [2.05, 4.69) is 15.9 Å². The molecule has 1 aliphatic rings. The van der Waals surface area contributed by atoms with Crippen LogP contribution in [0.2, 0.25) is 0 Å². The molecule has 16 heavy (non-hydrogen) atoms. The molecule has 0 amide bonds. The molecule has 1 aromatic carbocycles. The van der Waals surface area contributed by atoms with E-state index in [9.17, 15) is 4.79 Å². The van der Waals surface area contributed by atoms with E-state index < -0.39 is 0 Å². The molecule has 0 radical (unpaired) electrons. The summed E-state index contributed by atoms with van der Waals surface area (Å²) < 4.78 is 1.06. The number of carbonyl (C=O) groups is 1. The minimum Gasteiger partial charge on any atom is -0.298 e. The maximum Gasteiger partial charge on any atom is 0.151 e. The third-order valence-electron chi connectivity index (χ3n) is 2.47. The summed E-state index contributed by atoms with van der Waals surface area (Å²) in [6.45, 7) is 0. The van der Waals surface area contributed by atoms with Crippen molar-refractivity contribution in [1.82, 2.24) is 0 Å². The highest BCUT2D eigenvalue weighted by atomic mass is 79.9. The zero-order chi connectivity index (χ0) is 11.4. The van der Waals surface area contributed by atoms with Crippen molar-refractivity contribution in [1.29, 1.82) is 0 Å². The van der Waals surface area contributed by atoms with Crippen molar-refractivity contribution in [2.24, 2.45) is 0 Å². The summed E-state index contributed by atoms with van der Waals surface area (Å²) in [5.41, 5.74) is 1.12. The lowest BCUT2D eigenvalue weighted by Gasteiger charge is -2.19. The van der Waals surface area contributed by atoms with Crippen molar-refractivity contribution >= 4 is 45.2 Å². The molecule has 1 saturated heterocycles. The van der Waals surface area contributed by atoms with Gasteiger partial charge in [0, 0.05) is 28.2 Å². The molecule has 1 aliphatic heterocycles. The number of benzene rings is 1. The highest BCUT2D eigenvalue weighted by Crippen LogP contribution is 2.25. The van der Waals surface area contributed by atoms with Gasteiger partial charge in [0.15, 0.2) is 5.78 Å². The second-order valence-corrected chi connectivity index (χ2v) is 7.08. The molecule has 1 fully saturated rings. The van der Waals surface area contributed by atoms with E-state index in [4.69, 9.17) is 0 Å². The van der Waals surface area contributed by atoms with Crippen LogP contribution in [0.25, 0.3) is 0 Å². The SMILES string of the molecule is O=C(Cc1ccc(Br)cc1)C1CSCCS1. The molecule has 0 N–H and O–H groups in total. The summed E-state index contributed by atoms with van der Waals surface area (Å²) >= 11 is 7.11. The van der Waals surface area contributed by atoms with Crippen LogP contribution in [0, 0.1) is 0 Å². The number of rotatable bonds is 3. The molecule has 0 aromatic heterocycles. The number of thioether (sulfide) groups is 2. The third-order valence-corrected chi connectivity index (χ3v) is 5.80. The number of hydrogen-bond donors (Lipinski definition) is 0. The van der Waals surface area contributed by atoms with Crippen molar-refractivity contribution in [3.8, 4) is 0 Å². The number of halogens is 1. The van der Waals surface area contributed by atoms with Gasteiger partial charge < -0.3 is 0 Å². The zero-order valence-corrected chi connectivity index (χ0v) is 12.0. The Balaban J connectivity index is 1.93. The standard InChI is InChI=1S/C12H13BrOS2/c13-10-3-1-9(2-4-10)7-11(14)12-8-15-5-6-16-12/h1-4,12H,5-8H2. The van der Waals surface area contributed by atoms with Crippen LogP contribution in [0.5, 0.6) is 0 Å². The van der Waals surface area contributed by atoms with E-state index in [0.717, 1.165) is 21.5 Å². The summed E-state index contributed by atoms with van der Waals surface area (Å²) in [4.78, 5) is 12.0. The molecule has 2 rings (SSSR count). The monoisotopic (exact) mass is 316 g/mol. The molecule has 1 atom stereocenters. The molecular formula is C12H13BrOS2. The highest BCUT2D eigenvalue weighted by molar-refractivity contribution is 9.10. The molecule has 0 aliphatic carbocycles. The van der Waals surface area contributed by atoms with E-state index >= 15 is 0 Å². The van der Waals surface area contributed by atoms with Crippen molar-refractivity contribution < 1.29 is 4.79 Å². The van der Waals surface area contributed by atoms with Gasteiger partial charge in [0.25, 0.3) is 0 Å². The Morgan fingerprint density at radius 2 is 2.06 bits per heavy atom. The van der Waals surface area contributed by atoms with E-state index in [1.807, 2.05) is 47.8 Å². The molecule has 86 valence electrons. The number of carbonyl (C=O) groups excluding carboxylic acids is 1. The molecule has 1 unspecified atom stereocenters. The molecule has 0 spiro atoms. The lowest BCUT2D eigenvalue weighted by atomic mass is 10.1. The van der Waals surface area contributed by atoms with Crippen LogP contribution < -0.4 is 0 Å². The minimum absolute atomic E-state index is 0.211. The van der Waals surface area contributed by atoms with Crippen molar-refractivity contribution in [2.75, 3.05) is 17.3 Å². The molecule has 1 heterocycles. The Morgan fingerprint density at radius 1 is 1.31 bits per heavy atom. The summed E-state index contributed by atoms with van der Waals surface area (Å²) in [5.74, 6) is 3.66. The van der Waals surface area contributed by atoms with Gasteiger partial charge in [0.1, 0.15) is 0 Å². The highest BCUT2D eigenvalue weighted by Gasteiger charge is 2.21. The molecule has 0 bridgehead atoms. The average molecular weight is 317 g/mol. The van der Waals surface area contributed by atoms with Gasteiger partial charge >= 0.3 is 0 Å². The first kappa shape index (κ1) is 12.5. The predicted octanol–water partition coefficient (Wildman–Crippen LogP) is 3.41. The lowest BCUT2D eigenvalue weighted by molar-refractivity contribution is -0.117. The fraction of sp³-hybridized carbons (Fsp3) is 0.417. The van der Waals surface area contributed by atoms with E-state index in [1.165, 1.54) is 5.75 Å². The quantitative estimate of drug-likeness (QED) is 0.850. The molecule has 0 saturated carbocycles. The number of ketones is 1. The van der Waals surface area contributed by atoms with Crippen LogP contribution >= 0.6 is 39.5 Å². The van der Waals surface area contributed by atoms with Gasteiger partial charge in [0.2, 0.25) is 0 Å². The second kappa shape index (κ2) is 6.12. The van der Waals surface area contributed by atoms with Crippen molar-refractivity contribution in [3.05, 3.63) is 34.3 Å². The van der Waals surface area contributed by atoms with Crippen molar-refractivity contribution in [2.45, 2.75) is 11.7 Å². The Hall–Kier alpha value is 0.0700. The maximum absolute atomic E-state index is 12.0. The Bertz CT molecular complexity index is 358. The molecular weight excluding hydrogens is 304 g/mol. The van der Waals surface area contributed by atoms with E-state index in [-0.39, 0.29) is 5.25 Å². The Kier molecular flexibility index (Phi) is 4.79. The van der Waals surface area contributed by atoms with Crippen molar-refractivity contribution in [3.63, 3.8) is 0 Å². The summed E-state index contributed by atoms with van der Waals surface area (Å²) in [6, 6.07) is 8.02. The van der Waals surface area contributed by atoms with Crippen LogP contribution in [-0.2, 0) is 11.2 Å². The number of hydrogen-bond acceptors (Lipinski definition) is 3. The predicted molar refractivity (Wildman–Crippen MR) is 76.4 cm³/mol. The lowest BCUT2D eigenvalue weighted by Crippen LogP contribution is -2.25. The molecule has 1 nitrogen and oxygen atoms in total. The minimum atomic E-state index is 0.211. The van der Waals surface area contributed by atoms with Crippen LogP contribution in [0.15, 0.2) is 28.7 Å². The second-order valence-electron chi connectivity index (χ2n) is 3.70. The normalized spacial score (nSPS) is 20.7. The van der Waals surface area contributed by atoms with Crippen LogP contribution in [0.1, 0.15) is 5.56 Å². The summed E-state index contributed by atoms with van der Waals surface area (Å²) in [7, 11) is 0. The Labute approximate surface area is 113 Å². The van der Waals surface area contributed by atoms with Gasteiger partial charge in [0.05, 0.1) is 5.25 Å². The summed E-state index contributed by atoms with van der Waals surface area (Å²) in [6.07, 6.45) is 0.575.